The lowest BCUT2D eigenvalue weighted by atomic mass is 9.94. The number of hydrogen-bond acceptors (Lipinski definition) is 5. The molecular formula is C23H35N5OS. The molecule has 2 aliphatic heterocycles. The second-order valence-corrected chi connectivity index (χ2v) is 8.70. The molecule has 0 aliphatic carbocycles. The van der Waals surface area contributed by atoms with Crippen molar-refractivity contribution in [2.75, 3.05) is 25.5 Å². The Kier molecular flexibility index (Phi) is 9.70. The van der Waals surface area contributed by atoms with Gasteiger partial charge < -0.3 is 15.4 Å². The molecular weight excluding hydrogens is 394 g/mol. The van der Waals surface area contributed by atoms with Crippen LogP contribution in [0.1, 0.15) is 63.9 Å². The van der Waals surface area contributed by atoms with Crippen molar-refractivity contribution < 1.29 is 4.74 Å². The summed E-state index contributed by atoms with van der Waals surface area (Å²) in [5.41, 5.74) is 2.54. The van der Waals surface area contributed by atoms with Gasteiger partial charge in [0, 0.05) is 55.1 Å². The van der Waals surface area contributed by atoms with E-state index in [1.165, 1.54) is 11.3 Å². The maximum Gasteiger partial charge on any atom is 0.223 e. The van der Waals surface area contributed by atoms with Gasteiger partial charge in [-0.05, 0) is 62.1 Å². The van der Waals surface area contributed by atoms with Crippen LogP contribution in [0.2, 0.25) is 0 Å². The average molecular weight is 430 g/mol. The maximum absolute atomic E-state index is 5.49. The molecule has 1 atom stereocenters. The Morgan fingerprint density at radius 2 is 2.07 bits per heavy atom. The molecule has 0 aromatic carbocycles. The van der Waals surface area contributed by atoms with Gasteiger partial charge in [-0.2, -0.15) is 0 Å². The van der Waals surface area contributed by atoms with E-state index < -0.39 is 0 Å². The summed E-state index contributed by atoms with van der Waals surface area (Å²) in [4.78, 5) is 13.9. The molecule has 7 heteroatoms. The Morgan fingerprint density at radius 1 is 1.27 bits per heavy atom. The molecule has 30 heavy (non-hydrogen) atoms. The Morgan fingerprint density at radius 3 is 2.80 bits per heavy atom. The monoisotopic (exact) mass is 429 g/mol. The fourth-order valence-electron chi connectivity index (χ4n) is 3.73. The van der Waals surface area contributed by atoms with Crippen LogP contribution < -0.4 is 10.6 Å². The summed E-state index contributed by atoms with van der Waals surface area (Å²) in [5, 5.41) is 9.31. The van der Waals surface area contributed by atoms with E-state index in [1.54, 1.807) is 0 Å². The smallest absolute Gasteiger partial charge is 0.223 e. The Balaban J connectivity index is 1.67. The van der Waals surface area contributed by atoms with Crippen LogP contribution in [0, 0.1) is 0 Å². The van der Waals surface area contributed by atoms with Gasteiger partial charge in [-0.3, -0.25) is 9.98 Å². The number of rotatable bonds is 8. The lowest BCUT2D eigenvalue weighted by Gasteiger charge is -2.25. The molecule has 164 valence electrons. The number of thioether (sulfide) groups is 1. The van der Waals surface area contributed by atoms with Gasteiger partial charge in [-0.1, -0.05) is 13.8 Å². The third kappa shape index (κ3) is 7.43. The fourth-order valence-corrected chi connectivity index (χ4v) is 4.50. The SMILES string of the molecule is CC/C1=N\C(=NCCC(CC)c2ccncc2)N/C(NC2CCOCC2)=C/SCC1. The van der Waals surface area contributed by atoms with E-state index in [1.807, 2.05) is 24.2 Å². The van der Waals surface area contributed by atoms with Crippen LogP contribution in [0.5, 0.6) is 0 Å². The van der Waals surface area contributed by atoms with Gasteiger partial charge in [-0.15, -0.1) is 11.8 Å². The highest BCUT2D eigenvalue weighted by atomic mass is 32.2. The van der Waals surface area contributed by atoms with Crippen LogP contribution in [0.25, 0.3) is 0 Å². The molecule has 1 unspecified atom stereocenters. The van der Waals surface area contributed by atoms with Crippen molar-refractivity contribution in [3.63, 3.8) is 0 Å². The van der Waals surface area contributed by atoms with E-state index in [0.29, 0.717) is 12.0 Å². The molecule has 2 aliphatic rings. The molecule has 0 spiro atoms. The van der Waals surface area contributed by atoms with Gasteiger partial charge >= 0.3 is 0 Å². The Hall–Kier alpha value is -1.86. The van der Waals surface area contributed by atoms with Crippen LogP contribution in [0.4, 0.5) is 0 Å². The average Bonchev–Trinajstić information content (AvgIpc) is 2.88. The largest absolute Gasteiger partial charge is 0.381 e. The lowest BCUT2D eigenvalue weighted by Crippen LogP contribution is -2.40. The number of aromatic nitrogens is 1. The number of ether oxygens (including phenoxy) is 1. The van der Waals surface area contributed by atoms with Crippen molar-refractivity contribution in [2.24, 2.45) is 9.98 Å². The minimum Gasteiger partial charge on any atom is -0.381 e. The molecule has 3 heterocycles. The minimum absolute atomic E-state index is 0.436. The van der Waals surface area contributed by atoms with Gasteiger partial charge in [0.1, 0.15) is 5.82 Å². The zero-order valence-corrected chi connectivity index (χ0v) is 19.1. The van der Waals surface area contributed by atoms with Gasteiger partial charge in [0.05, 0.1) is 0 Å². The molecule has 1 aromatic rings. The van der Waals surface area contributed by atoms with E-state index in [-0.39, 0.29) is 0 Å². The standard InChI is InChI=1S/C23H35N5OS/c1-3-18(19-5-11-24-12-6-19)7-13-25-23-27-20(4-2)10-16-30-17-22(28-23)26-21-8-14-29-15-9-21/h5-6,11-12,17-18,21,26H,3-4,7-10,13-16H2,1-2H3,(H,25,28)/b22-17+,27-20+. The fraction of sp³-hybridized carbons (Fsp3) is 0.609. The summed E-state index contributed by atoms with van der Waals surface area (Å²) in [7, 11) is 0. The van der Waals surface area contributed by atoms with Gasteiger partial charge in [0.2, 0.25) is 5.96 Å². The normalized spacial score (nSPS) is 24.4. The van der Waals surface area contributed by atoms with Gasteiger partial charge in [0.15, 0.2) is 0 Å². The molecule has 1 aromatic heterocycles. The first kappa shape index (κ1) is 22.8. The molecule has 1 saturated heterocycles. The van der Waals surface area contributed by atoms with Crippen molar-refractivity contribution in [3.05, 3.63) is 41.3 Å². The van der Waals surface area contributed by atoms with Crippen LogP contribution in [-0.2, 0) is 4.74 Å². The van der Waals surface area contributed by atoms with Crippen molar-refractivity contribution in [2.45, 2.75) is 64.3 Å². The zero-order chi connectivity index (χ0) is 21.0. The van der Waals surface area contributed by atoms with E-state index in [9.17, 15) is 0 Å². The summed E-state index contributed by atoms with van der Waals surface area (Å²) in [5.74, 6) is 3.27. The number of guanidine groups is 1. The predicted octanol–water partition coefficient (Wildman–Crippen LogP) is 4.47. The third-order valence-electron chi connectivity index (χ3n) is 5.62. The lowest BCUT2D eigenvalue weighted by molar-refractivity contribution is 0.0801. The number of pyridine rings is 1. The van der Waals surface area contributed by atoms with Gasteiger partial charge in [0.25, 0.3) is 0 Å². The maximum atomic E-state index is 5.49. The first-order valence-corrected chi connectivity index (χ1v) is 12.3. The number of nitrogens with one attached hydrogen (secondary N) is 2. The summed E-state index contributed by atoms with van der Waals surface area (Å²) < 4.78 is 5.49. The molecule has 2 N–H and O–H groups in total. The van der Waals surface area contributed by atoms with Crippen molar-refractivity contribution in [1.82, 2.24) is 15.6 Å². The van der Waals surface area contributed by atoms with Crippen LogP contribution >= 0.6 is 11.8 Å². The molecule has 6 nitrogen and oxygen atoms in total. The summed E-state index contributed by atoms with van der Waals surface area (Å²) >= 11 is 1.83. The molecule has 0 saturated carbocycles. The second-order valence-electron chi connectivity index (χ2n) is 7.72. The van der Waals surface area contributed by atoms with E-state index >= 15 is 0 Å². The first-order valence-electron chi connectivity index (χ1n) is 11.2. The van der Waals surface area contributed by atoms with Crippen molar-refractivity contribution in [3.8, 4) is 0 Å². The summed E-state index contributed by atoms with van der Waals surface area (Å²) in [6.07, 6.45) is 9.86. The number of nitrogens with zero attached hydrogens (tertiary/aromatic N) is 3. The molecule has 0 radical (unpaired) electrons. The zero-order valence-electron chi connectivity index (χ0n) is 18.3. The first-order chi connectivity index (χ1) is 14.8. The van der Waals surface area contributed by atoms with Crippen LogP contribution in [-0.4, -0.2) is 48.2 Å². The Labute approximate surface area is 185 Å². The minimum atomic E-state index is 0.436. The molecule has 0 bridgehead atoms. The number of aliphatic imine (C=N–C) groups is 2. The molecule has 1 fully saturated rings. The van der Waals surface area contributed by atoms with E-state index in [2.05, 4.69) is 47.0 Å². The van der Waals surface area contributed by atoms with E-state index in [4.69, 9.17) is 14.7 Å². The van der Waals surface area contributed by atoms with E-state index in [0.717, 1.165) is 75.8 Å². The quantitative estimate of drug-likeness (QED) is 0.638. The van der Waals surface area contributed by atoms with Gasteiger partial charge in [-0.25, -0.2) is 4.99 Å². The highest BCUT2D eigenvalue weighted by Crippen LogP contribution is 2.22. The predicted molar refractivity (Wildman–Crippen MR) is 127 cm³/mol. The van der Waals surface area contributed by atoms with Crippen LogP contribution in [0.3, 0.4) is 0 Å². The van der Waals surface area contributed by atoms with Crippen molar-refractivity contribution in [1.29, 1.82) is 0 Å². The highest BCUT2D eigenvalue weighted by molar-refractivity contribution is 8.02. The van der Waals surface area contributed by atoms with Crippen molar-refractivity contribution >= 4 is 23.4 Å². The Bertz CT molecular complexity index is 728. The number of hydrogen-bond donors (Lipinski definition) is 2. The summed E-state index contributed by atoms with van der Waals surface area (Å²) in [6, 6.07) is 4.66. The second kappa shape index (κ2) is 12.7. The third-order valence-corrected chi connectivity index (χ3v) is 6.46. The molecule has 0 amide bonds. The highest BCUT2D eigenvalue weighted by Gasteiger charge is 2.16. The van der Waals surface area contributed by atoms with Crippen LogP contribution in [0.15, 0.2) is 45.7 Å². The topological polar surface area (TPSA) is 70.9 Å². The summed E-state index contributed by atoms with van der Waals surface area (Å²) in [6.45, 7) is 6.81. The molecule has 3 rings (SSSR count).